The van der Waals surface area contributed by atoms with Crippen molar-refractivity contribution in [2.45, 2.75) is 59.8 Å². The van der Waals surface area contributed by atoms with E-state index in [2.05, 4.69) is 0 Å². The molecule has 0 unspecified atom stereocenters. The third kappa shape index (κ3) is 26.6. The highest BCUT2D eigenvalue weighted by atomic mass is 16.4. The fourth-order valence-corrected chi connectivity index (χ4v) is 1.18. The third-order valence-electron chi connectivity index (χ3n) is 2.48. The van der Waals surface area contributed by atoms with Crippen LogP contribution in [0.2, 0.25) is 0 Å². The Morgan fingerprint density at radius 2 is 0.960 bits per heavy atom. The molecule has 0 amide bonds. The van der Waals surface area contributed by atoms with Gasteiger partial charge in [-0.25, -0.2) is 9.59 Å². The monoisotopic (exact) mass is 360 g/mol. The molecule has 0 bridgehead atoms. The van der Waals surface area contributed by atoms with Gasteiger partial charge in [-0.1, -0.05) is 26.0 Å². The van der Waals surface area contributed by atoms with E-state index in [1.165, 1.54) is 0 Å². The summed E-state index contributed by atoms with van der Waals surface area (Å²) in [5.41, 5.74) is 0.847. The zero-order chi connectivity index (χ0) is 20.4. The molecule has 0 aromatic carbocycles. The molecule has 8 heteroatoms. The van der Waals surface area contributed by atoms with E-state index in [0.717, 1.165) is 12.8 Å². The van der Waals surface area contributed by atoms with E-state index in [1.807, 2.05) is 13.8 Å². The van der Waals surface area contributed by atoms with Crippen molar-refractivity contribution in [1.29, 1.82) is 0 Å². The molecular formula is C17H28O8. The average Bonchev–Trinajstić information content (AvgIpc) is 2.48. The maximum absolute atomic E-state index is 10.0. The van der Waals surface area contributed by atoms with Crippen LogP contribution in [-0.4, -0.2) is 44.3 Å². The predicted octanol–water partition coefficient (Wildman–Crippen LogP) is 3.18. The summed E-state index contributed by atoms with van der Waals surface area (Å²) in [5.74, 6) is -3.55. The lowest BCUT2D eigenvalue weighted by Gasteiger charge is -1.89. The lowest BCUT2D eigenvalue weighted by Crippen LogP contribution is -1.98. The molecule has 0 aromatic rings. The van der Waals surface area contributed by atoms with Crippen molar-refractivity contribution < 1.29 is 39.6 Å². The van der Waals surface area contributed by atoms with Crippen LogP contribution in [0, 0.1) is 0 Å². The van der Waals surface area contributed by atoms with Crippen molar-refractivity contribution in [2.24, 2.45) is 0 Å². The first-order chi connectivity index (χ1) is 11.5. The zero-order valence-corrected chi connectivity index (χ0v) is 15.1. The normalized spacial score (nSPS) is 10.6. The van der Waals surface area contributed by atoms with Gasteiger partial charge >= 0.3 is 23.9 Å². The Morgan fingerprint density at radius 1 is 0.680 bits per heavy atom. The maximum Gasteiger partial charge on any atom is 0.330 e. The molecule has 0 saturated heterocycles. The van der Waals surface area contributed by atoms with Gasteiger partial charge in [0.25, 0.3) is 0 Å². The maximum atomic E-state index is 10.0. The minimum Gasteiger partial charge on any atom is -0.481 e. The highest BCUT2D eigenvalue weighted by Crippen LogP contribution is 1.94. The van der Waals surface area contributed by atoms with E-state index in [9.17, 15) is 19.2 Å². The molecule has 0 aromatic heterocycles. The molecule has 0 aliphatic rings. The smallest absolute Gasteiger partial charge is 0.330 e. The van der Waals surface area contributed by atoms with Gasteiger partial charge in [0.2, 0.25) is 0 Å². The first-order valence-corrected chi connectivity index (χ1v) is 7.73. The van der Waals surface area contributed by atoms with Crippen LogP contribution in [0.3, 0.4) is 0 Å². The highest BCUT2D eigenvalue weighted by molar-refractivity contribution is 5.86. The average molecular weight is 360 g/mol. The molecule has 0 saturated carbocycles. The molecule has 25 heavy (non-hydrogen) atoms. The number of hydrogen-bond donors (Lipinski definition) is 4. The zero-order valence-electron chi connectivity index (χ0n) is 15.1. The largest absolute Gasteiger partial charge is 0.481 e. The summed E-state index contributed by atoms with van der Waals surface area (Å²) in [4.78, 5) is 39.6. The molecule has 144 valence electrons. The van der Waals surface area contributed by atoms with Crippen LogP contribution >= 0.6 is 0 Å². The highest BCUT2D eigenvalue weighted by Gasteiger charge is 1.99. The van der Waals surface area contributed by atoms with E-state index >= 15 is 0 Å². The van der Waals surface area contributed by atoms with Crippen LogP contribution in [0.1, 0.15) is 59.8 Å². The van der Waals surface area contributed by atoms with Crippen molar-refractivity contribution in [3.05, 3.63) is 23.3 Å². The summed E-state index contributed by atoms with van der Waals surface area (Å²) in [5, 5.41) is 32.6. The van der Waals surface area contributed by atoms with E-state index in [0.29, 0.717) is 11.1 Å². The molecular weight excluding hydrogens is 332 g/mol. The Labute approximate surface area is 147 Å². The van der Waals surface area contributed by atoms with Crippen LogP contribution in [-0.2, 0) is 19.2 Å². The van der Waals surface area contributed by atoms with Gasteiger partial charge in [0.15, 0.2) is 0 Å². The van der Waals surface area contributed by atoms with Gasteiger partial charge in [-0.05, 0) is 33.1 Å². The minimum atomic E-state index is -0.948. The summed E-state index contributed by atoms with van der Waals surface area (Å²) in [6.45, 7) is 7.00. The van der Waals surface area contributed by atoms with Gasteiger partial charge in [-0.3, -0.25) is 9.59 Å². The first-order valence-electron chi connectivity index (χ1n) is 7.73. The van der Waals surface area contributed by atoms with Gasteiger partial charge in [0.05, 0.1) is 0 Å². The number of rotatable bonds is 8. The van der Waals surface area contributed by atoms with Gasteiger partial charge in [-0.15, -0.1) is 0 Å². The van der Waals surface area contributed by atoms with Crippen LogP contribution in [0.4, 0.5) is 0 Å². The lowest BCUT2D eigenvalue weighted by molar-refractivity contribution is -0.139. The summed E-state index contributed by atoms with van der Waals surface area (Å²) in [7, 11) is 0. The van der Waals surface area contributed by atoms with Crippen LogP contribution in [0.5, 0.6) is 0 Å². The fraction of sp³-hybridized carbons (Fsp3) is 0.529. The quantitative estimate of drug-likeness (QED) is 0.482. The summed E-state index contributed by atoms with van der Waals surface area (Å²) in [6, 6.07) is 0. The van der Waals surface area contributed by atoms with Crippen molar-refractivity contribution in [3.63, 3.8) is 0 Å². The summed E-state index contributed by atoms with van der Waals surface area (Å²) < 4.78 is 0. The summed E-state index contributed by atoms with van der Waals surface area (Å²) in [6.07, 6.45) is 5.03. The van der Waals surface area contributed by atoms with Crippen LogP contribution in [0.15, 0.2) is 23.3 Å². The van der Waals surface area contributed by atoms with Crippen LogP contribution < -0.4 is 0 Å². The Kier molecular flexibility index (Phi) is 19.3. The molecule has 0 rings (SSSR count). The Morgan fingerprint density at radius 3 is 1.08 bits per heavy atom. The Balaban J connectivity index is -0.000000291. The van der Waals surface area contributed by atoms with Crippen molar-refractivity contribution in [3.8, 4) is 0 Å². The minimum absolute atomic E-state index is 0.0632. The molecule has 0 aliphatic heterocycles. The van der Waals surface area contributed by atoms with Crippen molar-refractivity contribution in [2.75, 3.05) is 0 Å². The molecule has 0 radical (unpaired) electrons. The standard InChI is InChI=1S/2C6H10O2.C5H8O4/c2*1-3-4-5(2)6(7)8;6-4(7)2-1-3-5(8)9/h2*4H,3H2,1-2H3,(H,7,8);1-3H2,(H,6,7)(H,8,9). The Bertz CT molecular complexity index is 445. The number of carboxylic acid groups (broad SMARTS) is 4. The number of carboxylic acids is 4. The van der Waals surface area contributed by atoms with E-state index in [1.54, 1.807) is 26.0 Å². The second-order valence-electron chi connectivity index (χ2n) is 4.84. The van der Waals surface area contributed by atoms with E-state index < -0.39 is 23.9 Å². The van der Waals surface area contributed by atoms with Gasteiger partial charge < -0.3 is 20.4 Å². The molecule has 0 atom stereocenters. The van der Waals surface area contributed by atoms with Crippen LogP contribution in [0.25, 0.3) is 0 Å². The van der Waals surface area contributed by atoms with E-state index in [-0.39, 0.29) is 19.3 Å². The first kappa shape index (κ1) is 27.2. The number of allylic oxidation sites excluding steroid dienone is 2. The predicted molar refractivity (Wildman–Crippen MR) is 92.5 cm³/mol. The fourth-order valence-electron chi connectivity index (χ4n) is 1.18. The molecule has 0 aliphatic carbocycles. The SMILES string of the molecule is CCC=C(C)C(=O)O.CCC=C(C)C(=O)O.O=C(O)CCCC(=O)O. The van der Waals surface area contributed by atoms with Crippen molar-refractivity contribution >= 4 is 23.9 Å². The van der Waals surface area contributed by atoms with E-state index in [4.69, 9.17) is 20.4 Å². The molecule has 4 N–H and O–H groups in total. The number of hydrogen-bond acceptors (Lipinski definition) is 4. The van der Waals surface area contributed by atoms with Gasteiger partial charge in [0, 0.05) is 24.0 Å². The molecule has 0 spiro atoms. The van der Waals surface area contributed by atoms with Crippen molar-refractivity contribution in [1.82, 2.24) is 0 Å². The molecule has 8 nitrogen and oxygen atoms in total. The van der Waals surface area contributed by atoms with Gasteiger partial charge in [0.1, 0.15) is 0 Å². The molecule has 0 fully saturated rings. The summed E-state index contributed by atoms with van der Waals surface area (Å²) >= 11 is 0. The lowest BCUT2D eigenvalue weighted by atomic mass is 10.2. The third-order valence-corrected chi connectivity index (χ3v) is 2.48. The second-order valence-corrected chi connectivity index (χ2v) is 4.84. The molecule has 0 heterocycles. The number of carbonyl (C=O) groups is 4. The second kappa shape index (κ2) is 17.7. The number of aliphatic carboxylic acids is 4. The van der Waals surface area contributed by atoms with Gasteiger partial charge in [-0.2, -0.15) is 0 Å². The topological polar surface area (TPSA) is 149 Å². The Hall–Kier alpha value is -2.64.